The molecule has 0 aliphatic carbocycles. The van der Waals surface area contributed by atoms with Gasteiger partial charge in [0.2, 0.25) is 0 Å². The minimum absolute atomic E-state index is 0.179. The highest BCUT2D eigenvalue weighted by molar-refractivity contribution is 6.27. The van der Waals surface area contributed by atoms with Gasteiger partial charge in [0.25, 0.3) is 5.69 Å². The minimum atomic E-state index is -1.82. The van der Waals surface area contributed by atoms with Gasteiger partial charge < -0.3 is 10.2 Å². The average Bonchev–Trinajstić information content (AvgIpc) is 2.56. The molecular weight excluding hydrogens is 330 g/mol. The molecule has 1 heterocycles. The van der Waals surface area contributed by atoms with Crippen molar-refractivity contribution in [1.82, 2.24) is 9.80 Å². The molecule has 0 unspecified atom stereocenters. The normalized spacial score (nSPS) is 15.3. The molecular formula is C16H23N3O6. The Bertz CT molecular complexity index is 600. The van der Waals surface area contributed by atoms with Gasteiger partial charge in [-0.25, -0.2) is 9.59 Å². The number of piperazine rings is 1. The molecule has 2 rings (SSSR count). The van der Waals surface area contributed by atoms with Gasteiger partial charge in [-0.15, -0.1) is 0 Å². The van der Waals surface area contributed by atoms with Crippen LogP contribution in [0.4, 0.5) is 5.69 Å². The van der Waals surface area contributed by atoms with Crippen LogP contribution in [0.2, 0.25) is 0 Å². The van der Waals surface area contributed by atoms with Crippen molar-refractivity contribution in [2.45, 2.75) is 26.4 Å². The molecule has 1 aromatic rings. The van der Waals surface area contributed by atoms with Gasteiger partial charge in [-0.3, -0.25) is 19.9 Å². The number of carboxylic acid groups (broad SMARTS) is 2. The Kier molecular flexibility index (Phi) is 7.96. The maximum absolute atomic E-state index is 10.7. The Morgan fingerprint density at radius 1 is 1.16 bits per heavy atom. The molecule has 2 N–H and O–H groups in total. The lowest BCUT2D eigenvalue weighted by Crippen LogP contribution is -2.48. The first-order chi connectivity index (χ1) is 11.7. The minimum Gasteiger partial charge on any atom is -0.473 e. The number of benzene rings is 1. The van der Waals surface area contributed by atoms with Gasteiger partial charge in [-0.05, 0) is 19.4 Å². The molecule has 0 amide bonds. The Labute approximate surface area is 145 Å². The summed E-state index contributed by atoms with van der Waals surface area (Å²) in [7, 11) is 0. The van der Waals surface area contributed by atoms with Gasteiger partial charge in [0.1, 0.15) is 0 Å². The second-order valence-corrected chi connectivity index (χ2v) is 5.94. The Morgan fingerprint density at radius 2 is 1.72 bits per heavy atom. The third kappa shape index (κ3) is 7.27. The van der Waals surface area contributed by atoms with Crippen LogP contribution >= 0.6 is 0 Å². The smallest absolute Gasteiger partial charge is 0.414 e. The molecule has 0 saturated carbocycles. The summed E-state index contributed by atoms with van der Waals surface area (Å²) in [6.45, 7) is 9.45. The summed E-state index contributed by atoms with van der Waals surface area (Å²) in [5.41, 5.74) is 1.20. The Morgan fingerprint density at radius 3 is 2.16 bits per heavy atom. The van der Waals surface area contributed by atoms with Crippen molar-refractivity contribution in [2.24, 2.45) is 0 Å². The zero-order chi connectivity index (χ0) is 19.0. The standard InChI is InChI=1S/C14H21N3O2.C2H2O4/c1-12(2)16-8-6-15(7-9-16)11-13-4-3-5-14(10-13)17(18)19;3-1(4)2(5)6/h3-5,10,12H,6-9,11H2,1-2H3;(H,3,4)(H,5,6). The van der Waals surface area contributed by atoms with Gasteiger partial charge in [0.05, 0.1) is 4.92 Å². The number of nitrogens with zero attached hydrogens (tertiary/aromatic N) is 3. The maximum atomic E-state index is 10.7. The van der Waals surface area contributed by atoms with Crippen molar-refractivity contribution >= 4 is 17.6 Å². The van der Waals surface area contributed by atoms with Gasteiger partial charge in [-0.1, -0.05) is 12.1 Å². The highest BCUT2D eigenvalue weighted by Crippen LogP contribution is 2.16. The fourth-order valence-electron chi connectivity index (χ4n) is 2.46. The molecule has 1 aliphatic rings. The van der Waals surface area contributed by atoms with Crippen LogP contribution in [0.5, 0.6) is 0 Å². The zero-order valence-corrected chi connectivity index (χ0v) is 14.3. The topological polar surface area (TPSA) is 124 Å². The average molecular weight is 353 g/mol. The van der Waals surface area contributed by atoms with Crippen LogP contribution in [0.15, 0.2) is 24.3 Å². The SMILES string of the molecule is CC(C)N1CCN(Cc2cccc([N+](=O)[O-])c2)CC1.O=C(O)C(=O)O. The van der Waals surface area contributed by atoms with E-state index in [2.05, 4.69) is 23.6 Å². The highest BCUT2D eigenvalue weighted by atomic mass is 16.6. The second-order valence-electron chi connectivity index (χ2n) is 5.94. The molecule has 9 heteroatoms. The Balaban J connectivity index is 0.000000450. The molecule has 1 aliphatic heterocycles. The van der Waals surface area contributed by atoms with Gasteiger partial charge >= 0.3 is 11.9 Å². The van der Waals surface area contributed by atoms with Crippen LogP contribution < -0.4 is 0 Å². The number of nitro groups is 1. The molecule has 0 aromatic heterocycles. The number of rotatable bonds is 4. The predicted octanol–water partition coefficient (Wildman–Crippen LogP) is 1.28. The van der Waals surface area contributed by atoms with Crippen LogP contribution in [-0.4, -0.2) is 69.1 Å². The van der Waals surface area contributed by atoms with E-state index in [0.29, 0.717) is 6.04 Å². The lowest BCUT2D eigenvalue weighted by atomic mass is 10.1. The van der Waals surface area contributed by atoms with Crippen molar-refractivity contribution in [2.75, 3.05) is 26.2 Å². The van der Waals surface area contributed by atoms with Crippen molar-refractivity contribution < 1.29 is 24.7 Å². The summed E-state index contributed by atoms with van der Waals surface area (Å²) in [5, 5.41) is 25.5. The number of non-ortho nitro benzene ring substituents is 1. The predicted molar refractivity (Wildman–Crippen MR) is 90.4 cm³/mol. The largest absolute Gasteiger partial charge is 0.473 e. The van der Waals surface area contributed by atoms with Gasteiger partial charge in [-0.2, -0.15) is 0 Å². The maximum Gasteiger partial charge on any atom is 0.414 e. The molecule has 0 bridgehead atoms. The first kappa shape index (κ1) is 20.5. The van der Waals surface area contributed by atoms with Crippen LogP contribution in [0.3, 0.4) is 0 Å². The number of carbonyl (C=O) groups is 2. The molecule has 0 atom stereocenters. The quantitative estimate of drug-likeness (QED) is 0.471. The van der Waals surface area contributed by atoms with E-state index in [1.807, 2.05) is 6.07 Å². The second kappa shape index (κ2) is 9.70. The first-order valence-corrected chi connectivity index (χ1v) is 7.86. The van der Waals surface area contributed by atoms with Crippen LogP contribution in [-0.2, 0) is 16.1 Å². The van der Waals surface area contributed by atoms with Crippen molar-refractivity contribution in [3.63, 3.8) is 0 Å². The zero-order valence-electron chi connectivity index (χ0n) is 14.3. The van der Waals surface area contributed by atoms with Gasteiger partial charge in [0, 0.05) is 50.9 Å². The molecule has 1 aromatic carbocycles. The molecule has 1 saturated heterocycles. The lowest BCUT2D eigenvalue weighted by molar-refractivity contribution is -0.384. The van der Waals surface area contributed by atoms with E-state index in [9.17, 15) is 10.1 Å². The van der Waals surface area contributed by atoms with E-state index in [-0.39, 0.29) is 10.6 Å². The van der Waals surface area contributed by atoms with Crippen LogP contribution in [0.25, 0.3) is 0 Å². The summed E-state index contributed by atoms with van der Waals surface area (Å²) in [4.78, 5) is 33.4. The number of hydrogen-bond acceptors (Lipinski definition) is 6. The molecule has 0 spiro atoms. The number of aliphatic carboxylic acids is 2. The fourth-order valence-corrected chi connectivity index (χ4v) is 2.46. The molecule has 1 fully saturated rings. The summed E-state index contributed by atoms with van der Waals surface area (Å²) >= 11 is 0. The summed E-state index contributed by atoms with van der Waals surface area (Å²) < 4.78 is 0. The fraction of sp³-hybridized carbons (Fsp3) is 0.500. The van der Waals surface area contributed by atoms with E-state index in [4.69, 9.17) is 19.8 Å². The molecule has 0 radical (unpaired) electrons. The van der Waals surface area contributed by atoms with Crippen molar-refractivity contribution in [3.8, 4) is 0 Å². The van der Waals surface area contributed by atoms with E-state index < -0.39 is 11.9 Å². The summed E-state index contributed by atoms with van der Waals surface area (Å²) in [6.07, 6.45) is 0. The number of hydrogen-bond donors (Lipinski definition) is 2. The third-order valence-corrected chi connectivity index (χ3v) is 3.85. The molecule has 138 valence electrons. The van der Waals surface area contributed by atoms with E-state index >= 15 is 0 Å². The van der Waals surface area contributed by atoms with E-state index in [1.54, 1.807) is 18.2 Å². The number of nitro benzene ring substituents is 1. The van der Waals surface area contributed by atoms with E-state index in [0.717, 1.165) is 38.3 Å². The third-order valence-electron chi connectivity index (χ3n) is 3.85. The molecule has 25 heavy (non-hydrogen) atoms. The van der Waals surface area contributed by atoms with Crippen molar-refractivity contribution in [3.05, 3.63) is 39.9 Å². The number of carboxylic acids is 2. The van der Waals surface area contributed by atoms with Crippen LogP contribution in [0.1, 0.15) is 19.4 Å². The first-order valence-electron chi connectivity index (χ1n) is 7.86. The summed E-state index contributed by atoms with van der Waals surface area (Å²) in [6, 6.07) is 7.54. The van der Waals surface area contributed by atoms with E-state index in [1.165, 1.54) is 0 Å². The Hall–Kier alpha value is -2.52. The highest BCUT2D eigenvalue weighted by Gasteiger charge is 2.19. The lowest BCUT2D eigenvalue weighted by Gasteiger charge is -2.36. The van der Waals surface area contributed by atoms with Crippen LogP contribution in [0, 0.1) is 10.1 Å². The van der Waals surface area contributed by atoms with Crippen molar-refractivity contribution in [1.29, 1.82) is 0 Å². The monoisotopic (exact) mass is 353 g/mol. The van der Waals surface area contributed by atoms with Gasteiger partial charge in [0.15, 0.2) is 0 Å². The summed E-state index contributed by atoms with van der Waals surface area (Å²) in [5.74, 6) is -3.65. The molecule has 9 nitrogen and oxygen atoms in total.